The first-order valence-electron chi connectivity index (χ1n) is 10.8. The fourth-order valence-electron chi connectivity index (χ4n) is 3.61. The molecule has 0 spiro atoms. The summed E-state index contributed by atoms with van der Waals surface area (Å²) in [6, 6.07) is -0.879. The highest BCUT2D eigenvalue weighted by atomic mass is 32.2. The highest BCUT2D eigenvalue weighted by Gasteiger charge is 2.57. The molecule has 0 radical (unpaired) electrons. The number of amides is 2. The molecule has 2 aromatic rings. The zero-order valence-corrected chi connectivity index (χ0v) is 21.7. The topological polar surface area (TPSA) is 211 Å². The summed E-state index contributed by atoms with van der Waals surface area (Å²) in [4.78, 5) is 48.6. The number of thiazole rings is 1. The summed E-state index contributed by atoms with van der Waals surface area (Å²) in [5, 5.41) is 38.5. The predicted octanol–water partition coefficient (Wildman–Crippen LogP) is -1.13. The number of carbonyl (C=O) groups excluding carboxylic acids is 2. The van der Waals surface area contributed by atoms with E-state index in [0.717, 1.165) is 11.3 Å². The molecular weight excluding hydrogens is 546 g/mol. The van der Waals surface area contributed by atoms with E-state index in [0.29, 0.717) is 11.7 Å². The summed E-state index contributed by atoms with van der Waals surface area (Å²) in [6.07, 6.45) is 1.62. The van der Waals surface area contributed by atoms with Gasteiger partial charge in [-0.25, -0.2) is 9.67 Å². The number of hydrogen-bond donors (Lipinski definition) is 4. The number of thioether (sulfide) groups is 2. The van der Waals surface area contributed by atoms with Gasteiger partial charge in [0.1, 0.15) is 29.1 Å². The number of rotatable bonds is 12. The van der Waals surface area contributed by atoms with Crippen LogP contribution in [0, 0.1) is 5.41 Å². The smallest absolute Gasteiger partial charge is 0.313 e. The molecule has 2 aliphatic heterocycles. The molecular formula is C19H23N9O6S3. The lowest BCUT2D eigenvalue weighted by Gasteiger charge is -2.53. The van der Waals surface area contributed by atoms with E-state index in [4.69, 9.17) is 15.7 Å². The highest BCUT2D eigenvalue weighted by molar-refractivity contribution is 8.00. The molecule has 18 heteroatoms. The predicted molar refractivity (Wildman–Crippen MR) is 135 cm³/mol. The van der Waals surface area contributed by atoms with Crippen molar-refractivity contribution in [3.8, 4) is 0 Å². The van der Waals surface area contributed by atoms with Crippen molar-refractivity contribution in [3.05, 3.63) is 23.7 Å². The fourth-order valence-corrected chi connectivity index (χ4v) is 6.90. The number of β-lactam (4-membered cyclic amide) rings is 1. The number of nitrogens with one attached hydrogen (secondary N) is 1. The molecule has 0 saturated carbocycles. The number of nitrogen functional groups attached to an aromatic ring is 1. The average Bonchev–Trinajstić information content (AvgIpc) is 3.52. The minimum Gasteiger partial charge on any atom is -0.481 e. The molecule has 2 aliphatic rings. The monoisotopic (exact) mass is 569 g/mol. The molecule has 3 atom stereocenters. The summed E-state index contributed by atoms with van der Waals surface area (Å²) in [5.74, 6) is -1.80. The number of carboxylic acids is 1. The van der Waals surface area contributed by atoms with Gasteiger partial charge in [-0.3, -0.25) is 14.4 Å². The second-order valence-corrected chi connectivity index (χ2v) is 10.9. The second kappa shape index (κ2) is 11.4. The normalized spacial score (nSPS) is 23.2. The minimum atomic E-state index is -1.23. The number of aliphatic hydroxyl groups is 1. The van der Waals surface area contributed by atoms with Crippen LogP contribution in [0.25, 0.3) is 0 Å². The van der Waals surface area contributed by atoms with E-state index in [1.807, 2.05) is 0 Å². The Balaban J connectivity index is 1.42. The van der Waals surface area contributed by atoms with Gasteiger partial charge in [-0.1, -0.05) is 23.0 Å². The van der Waals surface area contributed by atoms with Crippen LogP contribution < -0.4 is 11.1 Å². The molecule has 0 aliphatic carbocycles. The van der Waals surface area contributed by atoms with E-state index < -0.39 is 34.6 Å². The number of tetrazole rings is 1. The lowest BCUT2D eigenvalue weighted by atomic mass is 9.89. The SMILES string of the molecule is C=CCn1nnnc1SCC1(C(=O)O)CS[C@@H]2C(NC(=O)C(=NOCCO)c3csc(N)n3)C(=O)N2C1. The summed E-state index contributed by atoms with van der Waals surface area (Å²) in [5.41, 5.74) is 4.40. The molecule has 4 heterocycles. The van der Waals surface area contributed by atoms with Gasteiger partial charge in [0.05, 0.1) is 13.2 Å². The van der Waals surface area contributed by atoms with E-state index in [9.17, 15) is 19.5 Å². The van der Waals surface area contributed by atoms with Crippen LogP contribution in [0.3, 0.4) is 0 Å². The zero-order chi connectivity index (χ0) is 26.6. The Morgan fingerprint density at radius 3 is 2.97 bits per heavy atom. The molecule has 0 aromatic carbocycles. The number of carbonyl (C=O) groups is 3. The molecule has 37 heavy (non-hydrogen) atoms. The van der Waals surface area contributed by atoms with Gasteiger partial charge in [0.15, 0.2) is 10.8 Å². The van der Waals surface area contributed by atoms with E-state index in [1.165, 1.54) is 38.5 Å². The third kappa shape index (κ3) is 5.55. The maximum atomic E-state index is 13.0. The number of allylic oxidation sites excluding steroid dienone is 1. The number of nitrogens with zero attached hydrogens (tertiary/aromatic N) is 7. The van der Waals surface area contributed by atoms with E-state index >= 15 is 0 Å². The average molecular weight is 570 g/mol. The number of carboxylic acid groups (broad SMARTS) is 1. The largest absolute Gasteiger partial charge is 0.481 e. The van der Waals surface area contributed by atoms with Gasteiger partial charge in [0.25, 0.3) is 5.91 Å². The van der Waals surface area contributed by atoms with Crippen molar-refractivity contribution in [2.45, 2.75) is 23.1 Å². The number of aliphatic carboxylic acids is 1. The Labute approximate surface area is 222 Å². The molecule has 15 nitrogen and oxygen atoms in total. The first-order chi connectivity index (χ1) is 17.8. The number of aromatic nitrogens is 5. The van der Waals surface area contributed by atoms with Gasteiger partial charge in [0, 0.05) is 23.4 Å². The Hall–Kier alpha value is -3.22. The van der Waals surface area contributed by atoms with Gasteiger partial charge >= 0.3 is 5.97 Å². The number of oxime groups is 1. The van der Waals surface area contributed by atoms with Crippen molar-refractivity contribution in [2.75, 3.05) is 37.0 Å². The minimum absolute atomic E-state index is 0.0234. The Kier molecular flexibility index (Phi) is 8.30. The highest BCUT2D eigenvalue weighted by Crippen LogP contribution is 2.44. The molecule has 2 saturated heterocycles. The Morgan fingerprint density at radius 1 is 1.49 bits per heavy atom. The third-order valence-corrected chi connectivity index (χ3v) is 8.99. The summed E-state index contributed by atoms with van der Waals surface area (Å²) in [6.45, 7) is 3.56. The number of hydrogen-bond acceptors (Lipinski definition) is 14. The van der Waals surface area contributed by atoms with Gasteiger partial charge in [-0.05, 0) is 10.4 Å². The first-order valence-corrected chi connectivity index (χ1v) is 13.7. The van der Waals surface area contributed by atoms with Crippen molar-refractivity contribution >= 4 is 63.5 Å². The summed E-state index contributed by atoms with van der Waals surface area (Å²) < 4.78 is 1.51. The van der Waals surface area contributed by atoms with Crippen LogP contribution >= 0.6 is 34.9 Å². The van der Waals surface area contributed by atoms with Crippen LogP contribution in [0.5, 0.6) is 0 Å². The van der Waals surface area contributed by atoms with Crippen LogP contribution in [0.1, 0.15) is 5.69 Å². The molecule has 4 rings (SSSR count). The van der Waals surface area contributed by atoms with Crippen LogP contribution in [0.4, 0.5) is 5.13 Å². The lowest BCUT2D eigenvalue weighted by molar-refractivity contribution is -0.157. The maximum Gasteiger partial charge on any atom is 0.313 e. The summed E-state index contributed by atoms with van der Waals surface area (Å²) in [7, 11) is 0. The molecule has 2 amide bonds. The van der Waals surface area contributed by atoms with E-state index in [-0.39, 0.29) is 47.8 Å². The molecule has 0 bridgehead atoms. The van der Waals surface area contributed by atoms with Gasteiger partial charge in [-0.2, -0.15) is 0 Å². The van der Waals surface area contributed by atoms with Crippen molar-refractivity contribution in [1.82, 2.24) is 35.4 Å². The third-order valence-electron chi connectivity index (χ3n) is 5.48. The quantitative estimate of drug-likeness (QED) is 0.0596. The molecule has 2 aromatic heterocycles. The number of aliphatic hydroxyl groups excluding tert-OH is 1. The molecule has 2 fully saturated rings. The maximum absolute atomic E-state index is 13.0. The Morgan fingerprint density at radius 2 is 2.30 bits per heavy atom. The fraction of sp³-hybridized carbons (Fsp3) is 0.474. The number of nitrogens with two attached hydrogens (primary N) is 1. The van der Waals surface area contributed by atoms with Gasteiger partial charge in [0.2, 0.25) is 11.1 Å². The van der Waals surface area contributed by atoms with Crippen LogP contribution in [-0.2, 0) is 25.8 Å². The first kappa shape index (κ1) is 26.8. The molecule has 2 unspecified atom stereocenters. The van der Waals surface area contributed by atoms with E-state index in [2.05, 4.69) is 37.6 Å². The van der Waals surface area contributed by atoms with Crippen molar-refractivity contribution < 1.29 is 29.4 Å². The van der Waals surface area contributed by atoms with Crippen LogP contribution in [0.15, 0.2) is 28.3 Å². The number of anilines is 1. The molecule has 5 N–H and O–H groups in total. The van der Waals surface area contributed by atoms with E-state index in [1.54, 1.807) is 6.08 Å². The van der Waals surface area contributed by atoms with Crippen molar-refractivity contribution in [1.29, 1.82) is 0 Å². The lowest BCUT2D eigenvalue weighted by Crippen LogP contribution is -2.74. The zero-order valence-electron chi connectivity index (χ0n) is 19.2. The van der Waals surface area contributed by atoms with Gasteiger partial charge in [-0.15, -0.1) is 34.8 Å². The Bertz CT molecular complexity index is 1220. The van der Waals surface area contributed by atoms with Crippen molar-refractivity contribution in [2.24, 2.45) is 10.6 Å². The standard InChI is InChI=1S/C19H23N9O6S3/c1-2-3-28-18(23-25-26-28)37-9-19(16(32)33)7-27-14(31)12(15(27)36-8-19)22-13(30)11(24-34-5-4-29)10-6-35-17(20)21-10/h2,6,12,15,29H,1,3-5,7-9H2,(H2,20,21)(H,22,30)(H,32,33)/t12?,15-,19?/m1/s1. The van der Waals surface area contributed by atoms with Crippen molar-refractivity contribution in [3.63, 3.8) is 0 Å². The number of fused-ring (bicyclic) bond motifs is 1. The van der Waals surface area contributed by atoms with Gasteiger partial charge < -0.3 is 31.0 Å². The van der Waals surface area contributed by atoms with Crippen LogP contribution in [-0.4, -0.2) is 106 Å². The molecule has 198 valence electrons. The summed E-state index contributed by atoms with van der Waals surface area (Å²) >= 11 is 3.57. The van der Waals surface area contributed by atoms with Crippen LogP contribution in [0.2, 0.25) is 0 Å². The second-order valence-electron chi connectivity index (χ2n) is 7.99.